The molecule has 3 N–H and O–H groups in total. The highest BCUT2D eigenvalue weighted by molar-refractivity contribution is 7.80. The molecule has 1 aromatic carbocycles. The Morgan fingerprint density at radius 2 is 2.05 bits per heavy atom. The highest BCUT2D eigenvalue weighted by Crippen LogP contribution is 2.23. The number of hydrogen-bond donors (Lipinski definition) is 3. The van der Waals surface area contributed by atoms with Gasteiger partial charge in [0.1, 0.15) is 5.75 Å². The molecule has 0 radical (unpaired) electrons. The Labute approximate surface area is 131 Å². The number of hydrazine groups is 1. The highest BCUT2D eigenvalue weighted by Gasteiger charge is 2.07. The second-order valence-corrected chi connectivity index (χ2v) is 5.40. The fraction of sp³-hybridized carbons (Fsp3) is 0.467. The molecule has 6 heteroatoms. The van der Waals surface area contributed by atoms with Gasteiger partial charge in [0.15, 0.2) is 11.7 Å². The molecule has 1 aromatic rings. The zero-order valence-corrected chi connectivity index (χ0v) is 13.8. The number of thiocarbonyl (C=S) groups is 1. The van der Waals surface area contributed by atoms with Crippen LogP contribution >= 0.6 is 12.2 Å². The van der Waals surface area contributed by atoms with E-state index in [1.54, 1.807) is 0 Å². The predicted octanol–water partition coefficient (Wildman–Crippen LogP) is 2.01. The first-order valence-corrected chi connectivity index (χ1v) is 7.40. The van der Waals surface area contributed by atoms with Crippen LogP contribution in [0.3, 0.4) is 0 Å². The van der Waals surface area contributed by atoms with Crippen molar-refractivity contribution in [3.05, 3.63) is 29.3 Å². The summed E-state index contributed by atoms with van der Waals surface area (Å²) in [6.45, 7) is 8.88. The van der Waals surface area contributed by atoms with Gasteiger partial charge in [-0.25, -0.2) is 0 Å². The summed E-state index contributed by atoms with van der Waals surface area (Å²) in [5, 5.41) is 3.24. The Balaban J connectivity index is 2.43. The second kappa shape index (κ2) is 8.46. The quantitative estimate of drug-likeness (QED) is 0.574. The molecule has 0 unspecified atom stereocenters. The zero-order valence-electron chi connectivity index (χ0n) is 12.9. The van der Waals surface area contributed by atoms with Crippen LogP contribution in [0.15, 0.2) is 18.2 Å². The molecule has 0 spiro atoms. The summed E-state index contributed by atoms with van der Waals surface area (Å²) < 4.78 is 5.46. The Hall–Kier alpha value is -1.82. The van der Waals surface area contributed by atoms with Gasteiger partial charge in [-0.2, -0.15) is 0 Å². The van der Waals surface area contributed by atoms with Crippen molar-refractivity contribution >= 4 is 23.2 Å². The van der Waals surface area contributed by atoms with Crippen LogP contribution in [0, 0.1) is 6.92 Å². The first kappa shape index (κ1) is 17.2. The van der Waals surface area contributed by atoms with Gasteiger partial charge in [-0.05, 0) is 55.2 Å². The van der Waals surface area contributed by atoms with Crippen LogP contribution in [-0.4, -0.2) is 24.2 Å². The lowest BCUT2D eigenvalue weighted by Crippen LogP contribution is -2.48. The molecule has 0 saturated carbocycles. The van der Waals surface area contributed by atoms with Crippen LogP contribution in [0.1, 0.15) is 37.8 Å². The molecule has 0 aromatic heterocycles. The molecule has 0 aliphatic rings. The summed E-state index contributed by atoms with van der Waals surface area (Å²) in [5.41, 5.74) is 7.50. The van der Waals surface area contributed by atoms with E-state index in [1.165, 1.54) is 5.56 Å². The molecule has 1 rings (SSSR count). The van der Waals surface area contributed by atoms with E-state index in [2.05, 4.69) is 30.0 Å². The number of amides is 1. The largest absolute Gasteiger partial charge is 0.484 e. The molecular formula is C15H23N3O2S. The molecule has 0 bridgehead atoms. The van der Waals surface area contributed by atoms with Gasteiger partial charge in [0, 0.05) is 6.54 Å². The van der Waals surface area contributed by atoms with Crippen LogP contribution in [0.4, 0.5) is 0 Å². The van der Waals surface area contributed by atoms with Gasteiger partial charge in [-0.15, -0.1) is 0 Å². The molecular weight excluding hydrogens is 286 g/mol. The SMILES string of the molecule is CCNC(=S)NNC(=O)COc1ccc(C(C)C)c(C)c1. The summed E-state index contributed by atoms with van der Waals surface area (Å²) in [6.07, 6.45) is 0. The van der Waals surface area contributed by atoms with E-state index >= 15 is 0 Å². The van der Waals surface area contributed by atoms with E-state index in [0.29, 0.717) is 23.3 Å². The Morgan fingerprint density at radius 3 is 2.62 bits per heavy atom. The maximum absolute atomic E-state index is 11.6. The van der Waals surface area contributed by atoms with Gasteiger partial charge in [0.2, 0.25) is 0 Å². The number of benzene rings is 1. The van der Waals surface area contributed by atoms with Gasteiger partial charge < -0.3 is 10.1 Å². The van der Waals surface area contributed by atoms with Crippen LogP contribution in [0.5, 0.6) is 5.75 Å². The van der Waals surface area contributed by atoms with Gasteiger partial charge in [0.05, 0.1) is 0 Å². The number of carbonyl (C=O) groups is 1. The summed E-state index contributed by atoms with van der Waals surface area (Å²) >= 11 is 4.93. The third kappa shape index (κ3) is 5.99. The summed E-state index contributed by atoms with van der Waals surface area (Å²) in [6, 6.07) is 5.86. The predicted molar refractivity (Wildman–Crippen MR) is 88.3 cm³/mol. The van der Waals surface area contributed by atoms with Crippen molar-refractivity contribution in [2.45, 2.75) is 33.6 Å². The molecule has 0 saturated heterocycles. The van der Waals surface area contributed by atoms with Crippen molar-refractivity contribution in [2.75, 3.05) is 13.2 Å². The fourth-order valence-electron chi connectivity index (χ4n) is 1.90. The third-order valence-corrected chi connectivity index (χ3v) is 3.13. The summed E-state index contributed by atoms with van der Waals surface area (Å²) in [5.74, 6) is 0.862. The molecule has 21 heavy (non-hydrogen) atoms. The van der Waals surface area contributed by atoms with E-state index in [0.717, 1.165) is 5.56 Å². The van der Waals surface area contributed by atoms with Crippen LogP contribution in [0.2, 0.25) is 0 Å². The minimum Gasteiger partial charge on any atom is -0.484 e. The van der Waals surface area contributed by atoms with Crippen LogP contribution in [-0.2, 0) is 4.79 Å². The van der Waals surface area contributed by atoms with Crippen molar-refractivity contribution in [2.24, 2.45) is 0 Å². The molecule has 0 aliphatic heterocycles. The smallest absolute Gasteiger partial charge is 0.276 e. The molecule has 116 valence electrons. The van der Waals surface area contributed by atoms with E-state index in [4.69, 9.17) is 17.0 Å². The molecule has 0 heterocycles. The normalized spacial score (nSPS) is 10.1. The van der Waals surface area contributed by atoms with Crippen molar-refractivity contribution < 1.29 is 9.53 Å². The first-order valence-electron chi connectivity index (χ1n) is 7.00. The lowest BCUT2D eigenvalue weighted by atomic mass is 9.98. The molecule has 0 fully saturated rings. The number of nitrogens with one attached hydrogen (secondary N) is 3. The molecule has 0 atom stereocenters. The summed E-state index contributed by atoms with van der Waals surface area (Å²) in [4.78, 5) is 11.6. The maximum Gasteiger partial charge on any atom is 0.276 e. The van der Waals surface area contributed by atoms with Gasteiger partial charge in [-0.3, -0.25) is 15.6 Å². The van der Waals surface area contributed by atoms with Gasteiger partial charge in [0.25, 0.3) is 5.91 Å². The minimum atomic E-state index is -0.291. The third-order valence-electron chi connectivity index (χ3n) is 2.89. The minimum absolute atomic E-state index is 0.0673. The second-order valence-electron chi connectivity index (χ2n) is 4.99. The Kier molecular flexibility index (Phi) is 6.94. The van der Waals surface area contributed by atoms with Crippen molar-refractivity contribution in [3.8, 4) is 5.75 Å². The number of hydrogen-bond acceptors (Lipinski definition) is 3. The van der Waals surface area contributed by atoms with E-state index in [9.17, 15) is 4.79 Å². The van der Waals surface area contributed by atoms with Crippen LogP contribution in [0.25, 0.3) is 0 Å². The lowest BCUT2D eigenvalue weighted by Gasteiger charge is -2.13. The van der Waals surface area contributed by atoms with Crippen LogP contribution < -0.4 is 20.9 Å². The number of carbonyl (C=O) groups excluding carboxylic acids is 1. The van der Waals surface area contributed by atoms with E-state index in [-0.39, 0.29) is 12.5 Å². The molecule has 5 nitrogen and oxygen atoms in total. The number of aryl methyl sites for hydroxylation is 1. The number of ether oxygens (including phenoxy) is 1. The number of rotatable bonds is 5. The molecule has 0 aliphatic carbocycles. The van der Waals surface area contributed by atoms with Gasteiger partial charge >= 0.3 is 0 Å². The maximum atomic E-state index is 11.6. The zero-order chi connectivity index (χ0) is 15.8. The Morgan fingerprint density at radius 1 is 1.33 bits per heavy atom. The topological polar surface area (TPSA) is 62.4 Å². The van der Waals surface area contributed by atoms with Crippen molar-refractivity contribution in [1.82, 2.24) is 16.2 Å². The average molecular weight is 309 g/mol. The monoisotopic (exact) mass is 309 g/mol. The lowest BCUT2D eigenvalue weighted by molar-refractivity contribution is -0.123. The highest BCUT2D eigenvalue weighted by atomic mass is 32.1. The standard InChI is InChI=1S/C15H23N3O2S/c1-5-16-15(21)18-17-14(19)9-20-12-6-7-13(10(2)3)11(4)8-12/h6-8,10H,5,9H2,1-4H3,(H,17,19)(H2,16,18,21). The van der Waals surface area contributed by atoms with Crippen molar-refractivity contribution in [1.29, 1.82) is 0 Å². The summed E-state index contributed by atoms with van der Waals surface area (Å²) in [7, 11) is 0. The molecule has 1 amide bonds. The van der Waals surface area contributed by atoms with E-state index < -0.39 is 0 Å². The Bertz CT molecular complexity index is 504. The average Bonchev–Trinajstić information content (AvgIpc) is 2.43. The van der Waals surface area contributed by atoms with Gasteiger partial charge in [-0.1, -0.05) is 19.9 Å². The first-order chi connectivity index (χ1) is 9.93. The van der Waals surface area contributed by atoms with Crippen molar-refractivity contribution in [3.63, 3.8) is 0 Å². The van der Waals surface area contributed by atoms with E-state index in [1.807, 2.05) is 32.0 Å². The fourth-order valence-corrected chi connectivity index (χ4v) is 2.10.